The number of hydrogen-bond donors (Lipinski definition) is 0. The van der Waals surface area contributed by atoms with E-state index >= 15 is 0 Å². The third-order valence-electron chi connectivity index (χ3n) is 3.21. The van der Waals surface area contributed by atoms with Crippen LogP contribution in [0.25, 0.3) is 0 Å². The summed E-state index contributed by atoms with van der Waals surface area (Å²) in [5.74, 6) is 1.94. The summed E-state index contributed by atoms with van der Waals surface area (Å²) in [6, 6.07) is 14.0. The Hall–Kier alpha value is -1.74. The van der Waals surface area contributed by atoms with Crippen molar-refractivity contribution in [1.82, 2.24) is 0 Å². The molecule has 0 radical (unpaired) electrons. The normalized spacial score (nSPS) is 10.4. The monoisotopic (exact) mass is 300 g/mol. The van der Waals surface area contributed by atoms with Crippen molar-refractivity contribution in [2.75, 3.05) is 12.4 Å². The van der Waals surface area contributed by atoms with Gasteiger partial charge in [0.25, 0.3) is 0 Å². The van der Waals surface area contributed by atoms with Crippen molar-refractivity contribution < 1.29 is 9.53 Å². The van der Waals surface area contributed by atoms with Crippen LogP contribution in [-0.2, 0) is 0 Å². The Balaban J connectivity index is 1.81. The van der Waals surface area contributed by atoms with Gasteiger partial charge in [-0.2, -0.15) is 0 Å². The van der Waals surface area contributed by atoms with Crippen molar-refractivity contribution in [2.45, 2.75) is 25.7 Å². The highest BCUT2D eigenvalue weighted by Crippen LogP contribution is 2.21. The summed E-state index contributed by atoms with van der Waals surface area (Å²) in [7, 11) is 0. The number of ketones is 1. The molecule has 0 N–H and O–H groups in total. The lowest BCUT2D eigenvalue weighted by molar-refractivity contribution is 0.101. The van der Waals surface area contributed by atoms with Crippen molar-refractivity contribution in [1.29, 1.82) is 0 Å². The topological polar surface area (TPSA) is 26.3 Å². The molecule has 2 aromatic rings. The number of ether oxygens (including phenoxy) is 1. The van der Waals surface area contributed by atoms with Crippen LogP contribution in [0.4, 0.5) is 0 Å². The number of rotatable bonds is 6. The number of benzene rings is 2. The maximum atomic E-state index is 11.2. The van der Waals surface area contributed by atoms with Crippen LogP contribution in [0, 0.1) is 13.8 Å². The van der Waals surface area contributed by atoms with Crippen LogP contribution >= 0.6 is 11.8 Å². The Kier molecular flexibility index (Phi) is 5.45. The Morgan fingerprint density at radius 3 is 2.48 bits per heavy atom. The van der Waals surface area contributed by atoms with E-state index in [4.69, 9.17) is 4.74 Å². The second-order valence-electron chi connectivity index (χ2n) is 5.05. The smallest absolute Gasteiger partial charge is 0.159 e. The molecule has 0 saturated carbocycles. The second kappa shape index (κ2) is 7.32. The van der Waals surface area contributed by atoms with Gasteiger partial charge in [0.05, 0.1) is 6.61 Å². The van der Waals surface area contributed by atoms with E-state index in [1.165, 1.54) is 5.56 Å². The first-order chi connectivity index (χ1) is 10.1. The van der Waals surface area contributed by atoms with Gasteiger partial charge in [0, 0.05) is 16.2 Å². The van der Waals surface area contributed by atoms with Crippen LogP contribution in [0.5, 0.6) is 5.75 Å². The molecule has 0 unspecified atom stereocenters. The van der Waals surface area contributed by atoms with E-state index in [0.29, 0.717) is 6.61 Å². The lowest BCUT2D eigenvalue weighted by Crippen LogP contribution is -2.01. The molecule has 21 heavy (non-hydrogen) atoms. The summed E-state index contributed by atoms with van der Waals surface area (Å²) in [5, 5.41) is 0. The number of aryl methyl sites for hydroxylation is 2. The SMILES string of the molecule is CC(=O)c1ccc(SCCOc2cc(C)ccc2C)cc1. The third-order valence-corrected chi connectivity index (χ3v) is 4.19. The van der Waals surface area contributed by atoms with Crippen LogP contribution in [-0.4, -0.2) is 18.1 Å². The fraction of sp³-hybridized carbons (Fsp3) is 0.278. The first-order valence-electron chi connectivity index (χ1n) is 7.00. The second-order valence-corrected chi connectivity index (χ2v) is 6.21. The zero-order valence-electron chi connectivity index (χ0n) is 12.7. The molecule has 0 heterocycles. The minimum Gasteiger partial charge on any atom is -0.492 e. The summed E-state index contributed by atoms with van der Waals surface area (Å²) in [4.78, 5) is 12.4. The molecule has 0 saturated heterocycles. The molecule has 0 spiro atoms. The standard InChI is InChI=1S/C18H20O2S/c1-13-4-5-14(2)18(12-13)20-10-11-21-17-8-6-16(7-9-17)15(3)19/h4-9,12H,10-11H2,1-3H3. The van der Waals surface area contributed by atoms with Crippen LogP contribution in [0.15, 0.2) is 47.4 Å². The quantitative estimate of drug-likeness (QED) is 0.440. The average molecular weight is 300 g/mol. The van der Waals surface area contributed by atoms with E-state index in [0.717, 1.165) is 27.5 Å². The Morgan fingerprint density at radius 1 is 1.10 bits per heavy atom. The zero-order valence-corrected chi connectivity index (χ0v) is 13.5. The maximum absolute atomic E-state index is 11.2. The largest absolute Gasteiger partial charge is 0.492 e. The van der Waals surface area contributed by atoms with Crippen molar-refractivity contribution in [3.05, 3.63) is 59.2 Å². The fourth-order valence-electron chi connectivity index (χ4n) is 1.96. The Morgan fingerprint density at radius 2 is 1.81 bits per heavy atom. The van der Waals surface area contributed by atoms with Crippen molar-refractivity contribution >= 4 is 17.5 Å². The molecular weight excluding hydrogens is 280 g/mol. The van der Waals surface area contributed by atoms with Gasteiger partial charge in [0.1, 0.15) is 5.75 Å². The fourth-order valence-corrected chi connectivity index (χ4v) is 2.69. The van der Waals surface area contributed by atoms with Gasteiger partial charge in [-0.05, 0) is 50.1 Å². The van der Waals surface area contributed by atoms with E-state index in [2.05, 4.69) is 32.0 Å². The molecule has 2 aromatic carbocycles. The summed E-state index contributed by atoms with van der Waals surface area (Å²) < 4.78 is 5.83. The summed E-state index contributed by atoms with van der Waals surface area (Å²) in [6.45, 7) is 6.38. The summed E-state index contributed by atoms with van der Waals surface area (Å²) >= 11 is 1.73. The van der Waals surface area contributed by atoms with Crippen molar-refractivity contribution in [3.63, 3.8) is 0 Å². The highest BCUT2D eigenvalue weighted by Gasteiger charge is 2.02. The predicted molar refractivity (Wildman–Crippen MR) is 88.6 cm³/mol. The van der Waals surface area contributed by atoms with E-state index in [1.54, 1.807) is 18.7 Å². The van der Waals surface area contributed by atoms with Crippen LogP contribution in [0.2, 0.25) is 0 Å². The molecule has 0 aliphatic heterocycles. The van der Waals surface area contributed by atoms with Gasteiger partial charge in [0.15, 0.2) is 5.78 Å². The number of Topliss-reactive ketones (excluding diaryl/α,β-unsaturated/α-hetero) is 1. The average Bonchev–Trinajstić information content (AvgIpc) is 2.47. The first kappa shape index (κ1) is 15.6. The molecule has 2 rings (SSSR count). The van der Waals surface area contributed by atoms with Crippen molar-refractivity contribution in [2.24, 2.45) is 0 Å². The molecular formula is C18H20O2S. The van der Waals surface area contributed by atoms with E-state index in [1.807, 2.05) is 24.3 Å². The van der Waals surface area contributed by atoms with E-state index in [9.17, 15) is 4.79 Å². The number of carbonyl (C=O) groups is 1. The maximum Gasteiger partial charge on any atom is 0.159 e. The third kappa shape index (κ3) is 4.64. The molecule has 0 fully saturated rings. The molecule has 0 aromatic heterocycles. The van der Waals surface area contributed by atoms with Crippen LogP contribution in [0.3, 0.4) is 0 Å². The molecule has 0 bridgehead atoms. The Bertz CT molecular complexity index is 618. The van der Waals surface area contributed by atoms with Crippen molar-refractivity contribution in [3.8, 4) is 5.75 Å². The highest BCUT2D eigenvalue weighted by atomic mass is 32.2. The van der Waals surface area contributed by atoms with Gasteiger partial charge in [0.2, 0.25) is 0 Å². The minimum absolute atomic E-state index is 0.102. The molecule has 0 amide bonds. The zero-order chi connectivity index (χ0) is 15.2. The van der Waals surface area contributed by atoms with Gasteiger partial charge < -0.3 is 4.74 Å². The first-order valence-corrected chi connectivity index (χ1v) is 7.98. The van der Waals surface area contributed by atoms with Gasteiger partial charge in [-0.1, -0.05) is 24.3 Å². The summed E-state index contributed by atoms with van der Waals surface area (Å²) in [6.07, 6.45) is 0. The minimum atomic E-state index is 0.102. The molecule has 3 heteroatoms. The van der Waals surface area contributed by atoms with Crippen LogP contribution < -0.4 is 4.74 Å². The van der Waals surface area contributed by atoms with E-state index < -0.39 is 0 Å². The van der Waals surface area contributed by atoms with Gasteiger partial charge in [-0.25, -0.2) is 0 Å². The summed E-state index contributed by atoms with van der Waals surface area (Å²) in [5.41, 5.74) is 3.13. The molecule has 2 nitrogen and oxygen atoms in total. The lowest BCUT2D eigenvalue weighted by atomic mass is 10.1. The van der Waals surface area contributed by atoms with E-state index in [-0.39, 0.29) is 5.78 Å². The molecule has 0 aliphatic rings. The van der Waals surface area contributed by atoms with Gasteiger partial charge in [-0.3, -0.25) is 4.79 Å². The van der Waals surface area contributed by atoms with Gasteiger partial charge >= 0.3 is 0 Å². The van der Waals surface area contributed by atoms with Gasteiger partial charge in [-0.15, -0.1) is 11.8 Å². The number of carbonyl (C=O) groups excluding carboxylic acids is 1. The Labute approximate surface area is 130 Å². The lowest BCUT2D eigenvalue weighted by Gasteiger charge is -2.10. The number of hydrogen-bond acceptors (Lipinski definition) is 3. The predicted octanol–water partition coefficient (Wildman–Crippen LogP) is 4.68. The highest BCUT2D eigenvalue weighted by molar-refractivity contribution is 7.99. The molecule has 0 aliphatic carbocycles. The van der Waals surface area contributed by atoms with Crippen LogP contribution in [0.1, 0.15) is 28.4 Å². The number of thioether (sulfide) groups is 1. The molecule has 0 atom stereocenters. The molecule has 110 valence electrons.